The van der Waals surface area contributed by atoms with E-state index in [1.807, 2.05) is 35.8 Å². The van der Waals surface area contributed by atoms with Crippen molar-refractivity contribution in [3.8, 4) is 5.69 Å². The number of hydrogen-bond donors (Lipinski definition) is 3. The van der Waals surface area contributed by atoms with Crippen LogP contribution in [0.4, 0.5) is 4.79 Å². The first-order valence-electron chi connectivity index (χ1n) is 10.0. The molecular weight excluding hydrogens is 432 g/mol. The average molecular weight is 455 g/mol. The molecule has 0 aliphatic carbocycles. The number of benzene rings is 1. The molecule has 32 heavy (non-hydrogen) atoms. The van der Waals surface area contributed by atoms with Crippen molar-refractivity contribution in [2.75, 3.05) is 5.75 Å². The fourth-order valence-electron chi connectivity index (χ4n) is 3.35. The van der Waals surface area contributed by atoms with E-state index in [1.54, 1.807) is 18.4 Å². The Morgan fingerprint density at radius 2 is 2.16 bits per heavy atom. The van der Waals surface area contributed by atoms with Gasteiger partial charge in [-0.2, -0.15) is 0 Å². The van der Waals surface area contributed by atoms with Crippen molar-refractivity contribution in [1.82, 2.24) is 30.7 Å². The normalized spacial score (nSPS) is 15.8. The van der Waals surface area contributed by atoms with Gasteiger partial charge in [0.05, 0.1) is 18.6 Å². The highest BCUT2D eigenvalue weighted by atomic mass is 32.2. The van der Waals surface area contributed by atoms with Gasteiger partial charge >= 0.3 is 6.03 Å². The standard InChI is InChI=1S/C21H22N6O4S/c1-13-4-2-5-15(8-13)27-17(9-14-10-18(28)24-20(30)23-14)25-26-21(27)32-12-19(29)22-11-16-6-3-7-31-16/h2-8,14H,9-12H2,1H3,(H,22,29)(H2,23,24,28,30). The van der Waals surface area contributed by atoms with Crippen molar-refractivity contribution < 1.29 is 18.8 Å². The smallest absolute Gasteiger partial charge is 0.321 e. The Hall–Kier alpha value is -3.60. The molecule has 4 amide bonds. The molecule has 3 heterocycles. The second-order valence-corrected chi connectivity index (χ2v) is 8.29. The number of imide groups is 1. The van der Waals surface area contributed by atoms with Gasteiger partial charge in [-0.15, -0.1) is 10.2 Å². The van der Waals surface area contributed by atoms with E-state index in [4.69, 9.17) is 4.42 Å². The summed E-state index contributed by atoms with van der Waals surface area (Å²) in [6, 6.07) is 10.5. The molecule has 1 aliphatic heterocycles. The molecule has 1 aliphatic rings. The molecule has 10 nitrogen and oxygen atoms in total. The van der Waals surface area contributed by atoms with Crippen molar-refractivity contribution in [2.24, 2.45) is 0 Å². The molecule has 0 spiro atoms. The minimum Gasteiger partial charge on any atom is -0.467 e. The van der Waals surface area contributed by atoms with Gasteiger partial charge in [-0.25, -0.2) is 4.79 Å². The quantitative estimate of drug-likeness (QED) is 0.442. The lowest BCUT2D eigenvalue weighted by atomic mass is 10.1. The van der Waals surface area contributed by atoms with Gasteiger partial charge in [-0.05, 0) is 36.8 Å². The molecule has 0 bridgehead atoms. The lowest BCUT2D eigenvalue weighted by molar-refractivity contribution is -0.121. The number of carbonyl (C=O) groups is 3. The molecule has 1 fully saturated rings. The summed E-state index contributed by atoms with van der Waals surface area (Å²) in [6.07, 6.45) is 2.04. The number of furan rings is 1. The van der Waals surface area contributed by atoms with Crippen LogP contribution in [0, 0.1) is 6.92 Å². The number of thioether (sulfide) groups is 1. The molecule has 3 N–H and O–H groups in total. The number of aromatic nitrogens is 3. The van der Waals surface area contributed by atoms with Crippen LogP contribution in [0.1, 0.15) is 23.6 Å². The van der Waals surface area contributed by atoms with E-state index in [2.05, 4.69) is 26.1 Å². The molecular formula is C21H22N6O4S. The Morgan fingerprint density at radius 1 is 1.28 bits per heavy atom. The number of nitrogens with zero attached hydrogens (tertiary/aromatic N) is 3. The monoisotopic (exact) mass is 454 g/mol. The molecule has 1 atom stereocenters. The summed E-state index contributed by atoms with van der Waals surface area (Å²) in [5.74, 6) is 0.917. The van der Waals surface area contributed by atoms with Crippen molar-refractivity contribution in [1.29, 1.82) is 0 Å². The van der Waals surface area contributed by atoms with Crippen LogP contribution in [0.5, 0.6) is 0 Å². The van der Waals surface area contributed by atoms with Crippen molar-refractivity contribution in [3.63, 3.8) is 0 Å². The maximum Gasteiger partial charge on any atom is 0.321 e. The van der Waals surface area contributed by atoms with Gasteiger partial charge in [-0.1, -0.05) is 23.9 Å². The zero-order valence-electron chi connectivity index (χ0n) is 17.3. The molecule has 1 unspecified atom stereocenters. The first kappa shape index (κ1) is 21.6. The third-order valence-corrected chi connectivity index (χ3v) is 5.71. The van der Waals surface area contributed by atoms with E-state index in [-0.39, 0.29) is 24.0 Å². The summed E-state index contributed by atoms with van der Waals surface area (Å²) in [5, 5.41) is 16.9. The predicted octanol–water partition coefficient (Wildman–Crippen LogP) is 1.72. The number of urea groups is 1. The summed E-state index contributed by atoms with van der Waals surface area (Å²) >= 11 is 1.26. The number of aryl methyl sites for hydroxylation is 1. The molecule has 3 aromatic rings. The lowest BCUT2D eigenvalue weighted by Crippen LogP contribution is -2.53. The Labute approximate surface area is 188 Å². The van der Waals surface area contributed by atoms with Crippen LogP contribution in [0.2, 0.25) is 0 Å². The third-order valence-electron chi connectivity index (χ3n) is 4.78. The largest absolute Gasteiger partial charge is 0.467 e. The van der Waals surface area contributed by atoms with Gasteiger partial charge < -0.3 is 15.1 Å². The van der Waals surface area contributed by atoms with Crippen molar-refractivity contribution in [2.45, 2.75) is 37.5 Å². The van der Waals surface area contributed by atoms with Crippen LogP contribution in [-0.2, 0) is 22.6 Å². The fraction of sp³-hybridized carbons (Fsp3) is 0.286. The lowest BCUT2D eigenvalue weighted by Gasteiger charge is -2.23. The molecule has 2 aromatic heterocycles. The van der Waals surface area contributed by atoms with Crippen LogP contribution < -0.4 is 16.0 Å². The predicted molar refractivity (Wildman–Crippen MR) is 116 cm³/mol. The van der Waals surface area contributed by atoms with Crippen LogP contribution in [0.25, 0.3) is 5.69 Å². The third kappa shape index (κ3) is 5.35. The Bertz CT molecular complexity index is 1110. The number of amides is 4. The van der Waals surface area contributed by atoms with E-state index >= 15 is 0 Å². The van der Waals surface area contributed by atoms with Gasteiger partial charge in [0.1, 0.15) is 11.6 Å². The van der Waals surface area contributed by atoms with E-state index < -0.39 is 12.1 Å². The average Bonchev–Trinajstić information content (AvgIpc) is 3.40. The molecule has 11 heteroatoms. The topological polar surface area (TPSA) is 131 Å². The maximum absolute atomic E-state index is 12.3. The minimum atomic E-state index is -0.518. The van der Waals surface area contributed by atoms with Gasteiger partial charge in [0.2, 0.25) is 11.8 Å². The second-order valence-electron chi connectivity index (χ2n) is 7.34. The van der Waals surface area contributed by atoms with E-state index in [0.717, 1.165) is 11.3 Å². The van der Waals surface area contributed by atoms with E-state index in [0.29, 0.717) is 29.7 Å². The summed E-state index contributed by atoms with van der Waals surface area (Å²) in [6.45, 7) is 2.29. The van der Waals surface area contributed by atoms with Crippen molar-refractivity contribution >= 4 is 29.6 Å². The summed E-state index contributed by atoms with van der Waals surface area (Å²) in [5.41, 5.74) is 1.90. The van der Waals surface area contributed by atoms with Crippen molar-refractivity contribution in [3.05, 3.63) is 59.8 Å². The Kier molecular flexibility index (Phi) is 6.55. The Morgan fingerprint density at radius 3 is 2.91 bits per heavy atom. The number of rotatable bonds is 8. The van der Waals surface area contributed by atoms with Gasteiger partial charge in [0.15, 0.2) is 5.16 Å². The Balaban J connectivity index is 1.50. The van der Waals surface area contributed by atoms with E-state index in [1.165, 1.54) is 11.8 Å². The zero-order chi connectivity index (χ0) is 22.5. The highest BCUT2D eigenvalue weighted by Crippen LogP contribution is 2.24. The number of hydrogen-bond acceptors (Lipinski definition) is 7. The van der Waals surface area contributed by atoms with Crippen LogP contribution in [0.3, 0.4) is 0 Å². The van der Waals surface area contributed by atoms with Gasteiger partial charge in [0, 0.05) is 24.6 Å². The molecule has 1 aromatic carbocycles. The number of nitrogens with one attached hydrogen (secondary N) is 3. The zero-order valence-corrected chi connectivity index (χ0v) is 18.1. The molecule has 0 saturated carbocycles. The molecule has 0 radical (unpaired) electrons. The molecule has 1 saturated heterocycles. The first-order chi connectivity index (χ1) is 15.5. The summed E-state index contributed by atoms with van der Waals surface area (Å²) < 4.78 is 7.08. The van der Waals surface area contributed by atoms with Crippen LogP contribution in [-0.4, -0.2) is 44.4 Å². The molecule has 4 rings (SSSR count). The number of carbonyl (C=O) groups excluding carboxylic acids is 3. The second kappa shape index (κ2) is 9.69. The maximum atomic E-state index is 12.3. The minimum absolute atomic E-state index is 0.146. The summed E-state index contributed by atoms with van der Waals surface area (Å²) in [7, 11) is 0. The highest BCUT2D eigenvalue weighted by Gasteiger charge is 2.27. The van der Waals surface area contributed by atoms with Crippen LogP contribution in [0.15, 0.2) is 52.2 Å². The highest BCUT2D eigenvalue weighted by molar-refractivity contribution is 7.99. The molecule has 166 valence electrons. The fourth-order valence-corrected chi connectivity index (χ4v) is 4.15. The van der Waals surface area contributed by atoms with Gasteiger partial charge in [0.25, 0.3) is 0 Å². The van der Waals surface area contributed by atoms with E-state index in [9.17, 15) is 14.4 Å². The van der Waals surface area contributed by atoms with Gasteiger partial charge in [-0.3, -0.25) is 19.5 Å². The first-order valence-corrected chi connectivity index (χ1v) is 11.0. The summed E-state index contributed by atoms with van der Waals surface area (Å²) in [4.78, 5) is 35.7. The SMILES string of the molecule is Cc1cccc(-n2c(CC3CC(=O)NC(=O)N3)nnc2SCC(=O)NCc2ccco2)c1. The van der Waals surface area contributed by atoms with Crippen LogP contribution >= 0.6 is 11.8 Å².